The van der Waals surface area contributed by atoms with E-state index in [0.717, 1.165) is 36.8 Å². The van der Waals surface area contributed by atoms with E-state index in [4.69, 9.17) is 27.0 Å². The van der Waals surface area contributed by atoms with Crippen LogP contribution in [0.25, 0.3) is 0 Å². The van der Waals surface area contributed by atoms with E-state index in [2.05, 4.69) is 23.9 Å². The molecule has 15 heteroatoms. The van der Waals surface area contributed by atoms with E-state index >= 15 is 0 Å². The summed E-state index contributed by atoms with van der Waals surface area (Å²) in [6, 6.07) is 20.9. The maximum Gasteiger partial charge on any atom is 0.394 e. The van der Waals surface area contributed by atoms with Gasteiger partial charge < -0.3 is 40.4 Å². The van der Waals surface area contributed by atoms with Gasteiger partial charge in [0, 0.05) is 24.2 Å². The van der Waals surface area contributed by atoms with Crippen LogP contribution in [0.4, 0.5) is 0 Å². The fourth-order valence-electron chi connectivity index (χ4n) is 7.41. The van der Waals surface area contributed by atoms with Crippen molar-refractivity contribution in [2.75, 3.05) is 27.3 Å². The van der Waals surface area contributed by atoms with Crippen LogP contribution < -0.4 is 0 Å². The predicted molar refractivity (Wildman–Crippen MR) is 181 cm³/mol. The molecule has 4 fully saturated rings. The highest BCUT2D eigenvalue weighted by atomic mass is 32.3. The quantitative estimate of drug-likeness (QED) is 0.225. The first-order valence-electron chi connectivity index (χ1n) is 16.2. The first kappa shape index (κ1) is 42.2. The molecule has 8 atom stereocenters. The van der Waals surface area contributed by atoms with E-state index in [1.807, 2.05) is 60.7 Å². The molecule has 4 aliphatic heterocycles. The number of esters is 2. The molecule has 49 heavy (non-hydrogen) atoms. The smallest absolute Gasteiger partial charge is 0.394 e. The molecule has 0 radical (unpaired) electrons. The first-order valence-corrected chi connectivity index (χ1v) is 17.6. The summed E-state index contributed by atoms with van der Waals surface area (Å²) in [5.41, 5.74) is 1.64. The largest absolute Gasteiger partial charge is 0.462 e. The van der Waals surface area contributed by atoms with Gasteiger partial charge in [-0.05, 0) is 76.6 Å². The third-order valence-corrected chi connectivity index (χ3v) is 10.0. The Hall–Kier alpha value is -2.99. The van der Waals surface area contributed by atoms with Gasteiger partial charge in [0.1, 0.15) is 24.0 Å². The van der Waals surface area contributed by atoms with Crippen LogP contribution in [-0.4, -0.2) is 124 Å². The normalized spacial score (nSPS) is 27.0. The van der Waals surface area contributed by atoms with Crippen LogP contribution in [0.5, 0.6) is 0 Å². The van der Waals surface area contributed by atoms with Gasteiger partial charge in [0.15, 0.2) is 0 Å². The minimum Gasteiger partial charge on any atom is -0.462 e. The Kier molecular flexibility index (Phi) is 16.7. The molecule has 2 aromatic rings. The SMILES string of the molecule is CN1[C@@H]2CC[C@H]1CC(OC(=O)[C@H](CO)c1ccccc1)C2.CN1[C@@H]2CC[C@H]1CC(OC(=O)[C@H](CO)c1ccccc1)C2.O.O.O=S(=O)(O)O. The van der Waals surface area contributed by atoms with E-state index in [1.54, 1.807) is 0 Å². The van der Waals surface area contributed by atoms with Gasteiger partial charge in [-0.2, -0.15) is 8.42 Å². The molecule has 2 unspecified atom stereocenters. The van der Waals surface area contributed by atoms with Gasteiger partial charge >= 0.3 is 22.3 Å². The van der Waals surface area contributed by atoms with Gasteiger partial charge in [0.2, 0.25) is 0 Å². The number of nitrogens with zero attached hydrogens (tertiary/aromatic N) is 2. The molecule has 0 aromatic heterocycles. The Bertz CT molecular complexity index is 1270. The third-order valence-electron chi connectivity index (χ3n) is 10.0. The second-order valence-electron chi connectivity index (χ2n) is 12.9. The molecule has 2 aromatic carbocycles. The minimum atomic E-state index is -4.67. The van der Waals surface area contributed by atoms with Crippen molar-refractivity contribution in [1.82, 2.24) is 9.80 Å². The summed E-state index contributed by atoms with van der Waals surface area (Å²) < 4.78 is 43.0. The summed E-state index contributed by atoms with van der Waals surface area (Å²) in [5, 5.41) is 19.1. The highest BCUT2D eigenvalue weighted by Crippen LogP contribution is 2.37. The summed E-state index contributed by atoms with van der Waals surface area (Å²) >= 11 is 0. The van der Waals surface area contributed by atoms with Crippen LogP contribution in [-0.2, 0) is 29.5 Å². The molecule has 4 saturated heterocycles. The van der Waals surface area contributed by atoms with E-state index in [0.29, 0.717) is 24.2 Å². The molecular formula is C34H52N2O12S. The Balaban J connectivity index is 0.000000289. The highest BCUT2D eigenvalue weighted by molar-refractivity contribution is 7.79. The fraction of sp³-hybridized carbons (Fsp3) is 0.588. The maximum atomic E-state index is 12.4. The summed E-state index contributed by atoms with van der Waals surface area (Å²) in [6.07, 6.45) is 8.52. The molecule has 276 valence electrons. The molecule has 6 rings (SSSR count). The Morgan fingerprint density at radius 3 is 1.16 bits per heavy atom. The van der Waals surface area contributed by atoms with Crippen molar-refractivity contribution in [3.05, 3.63) is 71.8 Å². The first-order chi connectivity index (χ1) is 22.4. The molecule has 4 bridgehead atoms. The zero-order valence-corrected chi connectivity index (χ0v) is 28.8. The summed E-state index contributed by atoms with van der Waals surface area (Å²) in [6.45, 7) is -0.412. The van der Waals surface area contributed by atoms with Crippen LogP contribution >= 0.6 is 0 Å². The van der Waals surface area contributed by atoms with Crippen molar-refractivity contribution in [3.63, 3.8) is 0 Å². The second kappa shape index (κ2) is 19.4. The van der Waals surface area contributed by atoms with Crippen LogP contribution in [0.2, 0.25) is 0 Å². The van der Waals surface area contributed by atoms with E-state index < -0.39 is 22.2 Å². The van der Waals surface area contributed by atoms with Crippen LogP contribution in [0, 0.1) is 0 Å². The molecule has 0 spiro atoms. The number of hydrogen-bond acceptors (Lipinski definition) is 10. The number of carbonyl (C=O) groups excluding carboxylic acids is 2. The van der Waals surface area contributed by atoms with Gasteiger partial charge in [-0.3, -0.25) is 18.7 Å². The van der Waals surface area contributed by atoms with Gasteiger partial charge in [-0.25, -0.2) is 0 Å². The van der Waals surface area contributed by atoms with Crippen LogP contribution in [0.3, 0.4) is 0 Å². The molecule has 0 saturated carbocycles. The Morgan fingerprint density at radius 2 is 0.918 bits per heavy atom. The molecule has 14 nitrogen and oxygen atoms in total. The lowest BCUT2D eigenvalue weighted by Gasteiger charge is -2.36. The van der Waals surface area contributed by atoms with Gasteiger partial charge in [0.05, 0.1) is 13.2 Å². The van der Waals surface area contributed by atoms with Crippen molar-refractivity contribution in [2.45, 2.75) is 99.6 Å². The number of hydrogen-bond donors (Lipinski definition) is 4. The van der Waals surface area contributed by atoms with Gasteiger partial charge in [0.25, 0.3) is 0 Å². The number of aliphatic hydroxyl groups is 2. The number of carbonyl (C=O) groups is 2. The van der Waals surface area contributed by atoms with Crippen molar-refractivity contribution in [2.24, 2.45) is 0 Å². The molecule has 8 N–H and O–H groups in total. The summed E-state index contributed by atoms with van der Waals surface area (Å²) in [4.78, 5) is 29.6. The third kappa shape index (κ3) is 12.1. The van der Waals surface area contributed by atoms with Crippen LogP contribution in [0.15, 0.2) is 60.7 Å². The zero-order valence-electron chi connectivity index (χ0n) is 28.0. The molecule has 0 amide bonds. The highest BCUT2D eigenvalue weighted by Gasteiger charge is 2.41. The van der Waals surface area contributed by atoms with Crippen molar-refractivity contribution in [3.8, 4) is 0 Å². The number of rotatable bonds is 8. The van der Waals surface area contributed by atoms with E-state index in [9.17, 15) is 19.8 Å². The molecule has 4 heterocycles. The minimum absolute atomic E-state index is 0. The van der Waals surface area contributed by atoms with Gasteiger partial charge in [-0.1, -0.05) is 60.7 Å². The van der Waals surface area contributed by atoms with Crippen LogP contribution in [0.1, 0.15) is 74.3 Å². The van der Waals surface area contributed by atoms with E-state index in [-0.39, 0.29) is 48.3 Å². The van der Waals surface area contributed by atoms with Crippen molar-refractivity contribution < 1.29 is 57.8 Å². The van der Waals surface area contributed by atoms with E-state index in [1.165, 1.54) is 25.7 Å². The van der Waals surface area contributed by atoms with Crippen molar-refractivity contribution in [1.29, 1.82) is 0 Å². The Labute approximate surface area is 288 Å². The predicted octanol–water partition coefficient (Wildman–Crippen LogP) is 1.56. The second-order valence-corrected chi connectivity index (χ2v) is 13.8. The average Bonchev–Trinajstić information content (AvgIpc) is 3.34. The number of benzene rings is 2. The Morgan fingerprint density at radius 1 is 0.653 bits per heavy atom. The lowest BCUT2D eigenvalue weighted by Crippen LogP contribution is -2.43. The lowest BCUT2D eigenvalue weighted by molar-refractivity contribution is -0.156. The maximum absolute atomic E-state index is 12.4. The number of piperidine rings is 2. The van der Waals surface area contributed by atoms with Crippen molar-refractivity contribution >= 4 is 22.3 Å². The summed E-state index contributed by atoms with van der Waals surface area (Å²) in [7, 11) is -0.332. The monoisotopic (exact) mass is 712 g/mol. The summed E-state index contributed by atoms with van der Waals surface area (Å²) in [5.74, 6) is -1.72. The van der Waals surface area contributed by atoms with Gasteiger partial charge in [-0.15, -0.1) is 0 Å². The standard InChI is InChI=1S/2C17H23NO3.H2O4S.2H2O/c2*1-18-13-7-8-14(18)10-15(9-13)21-17(20)16(11-19)12-5-3-2-4-6-12;1-5(2,3)4;;/h2*2-6,13-16,19H,7-11H2,1H3;(H2,1,2,3,4);2*1H2/t2*13-,14+,15?,16-;;;/m11.../s1. The molecule has 4 aliphatic rings. The number of fused-ring (bicyclic) bond motifs is 4. The lowest BCUT2D eigenvalue weighted by atomic mass is 9.98. The number of aliphatic hydroxyl groups excluding tert-OH is 2. The molecular weight excluding hydrogens is 660 g/mol. The fourth-order valence-corrected chi connectivity index (χ4v) is 7.41. The zero-order chi connectivity index (χ0) is 34.1. The molecule has 0 aliphatic carbocycles. The average molecular weight is 713 g/mol. The topological polar surface area (TPSA) is 237 Å². The number of ether oxygens (including phenoxy) is 2.